The van der Waals surface area contributed by atoms with E-state index in [1.807, 2.05) is 13.8 Å². The van der Waals surface area contributed by atoms with Crippen LogP contribution in [0.15, 0.2) is 0 Å². The minimum absolute atomic E-state index is 0.0116. The number of nitrogens with one attached hydrogen (secondary N) is 1. The third kappa shape index (κ3) is 9.06. The zero-order chi connectivity index (χ0) is 12.4. The van der Waals surface area contributed by atoms with E-state index in [4.69, 9.17) is 14.2 Å². The SMILES string of the molecule is COCC(C)OCC(O)CNCC(C)OC. The van der Waals surface area contributed by atoms with Crippen molar-refractivity contribution in [1.82, 2.24) is 5.32 Å². The van der Waals surface area contributed by atoms with Crippen molar-refractivity contribution >= 4 is 0 Å². The van der Waals surface area contributed by atoms with Crippen LogP contribution < -0.4 is 5.32 Å². The zero-order valence-corrected chi connectivity index (χ0v) is 10.7. The van der Waals surface area contributed by atoms with Gasteiger partial charge >= 0.3 is 0 Å². The van der Waals surface area contributed by atoms with Gasteiger partial charge < -0.3 is 24.6 Å². The second-order valence-corrected chi connectivity index (χ2v) is 3.96. The Morgan fingerprint density at radius 3 is 2.31 bits per heavy atom. The maximum Gasteiger partial charge on any atom is 0.0897 e. The van der Waals surface area contributed by atoms with Gasteiger partial charge in [0.2, 0.25) is 0 Å². The Balaban J connectivity index is 3.40. The molecule has 0 saturated heterocycles. The van der Waals surface area contributed by atoms with Gasteiger partial charge in [-0.3, -0.25) is 0 Å². The van der Waals surface area contributed by atoms with Crippen LogP contribution in [-0.4, -0.2) is 63.9 Å². The number of rotatable bonds is 10. The molecule has 0 fully saturated rings. The van der Waals surface area contributed by atoms with Crippen molar-refractivity contribution in [2.75, 3.05) is 40.5 Å². The smallest absolute Gasteiger partial charge is 0.0897 e. The molecular weight excluding hydrogens is 210 g/mol. The fraction of sp³-hybridized carbons (Fsp3) is 1.00. The Hall–Kier alpha value is -0.200. The van der Waals surface area contributed by atoms with E-state index in [9.17, 15) is 5.11 Å². The zero-order valence-electron chi connectivity index (χ0n) is 10.7. The number of hydrogen-bond donors (Lipinski definition) is 2. The summed E-state index contributed by atoms with van der Waals surface area (Å²) >= 11 is 0. The molecule has 0 saturated carbocycles. The van der Waals surface area contributed by atoms with Gasteiger partial charge in [0.15, 0.2) is 0 Å². The second kappa shape index (κ2) is 9.99. The van der Waals surface area contributed by atoms with E-state index in [1.165, 1.54) is 0 Å². The fourth-order valence-corrected chi connectivity index (χ4v) is 1.15. The van der Waals surface area contributed by atoms with E-state index >= 15 is 0 Å². The largest absolute Gasteiger partial charge is 0.389 e. The molecule has 0 radical (unpaired) electrons. The molecule has 16 heavy (non-hydrogen) atoms. The molecule has 5 nitrogen and oxygen atoms in total. The van der Waals surface area contributed by atoms with Gasteiger partial charge in [0, 0.05) is 27.3 Å². The summed E-state index contributed by atoms with van der Waals surface area (Å²) in [6.07, 6.45) is -0.332. The number of aliphatic hydroxyl groups excluding tert-OH is 1. The predicted molar refractivity (Wildman–Crippen MR) is 62.6 cm³/mol. The average Bonchev–Trinajstić information content (AvgIpc) is 2.26. The molecule has 0 bridgehead atoms. The Bertz CT molecular complexity index is 157. The maximum absolute atomic E-state index is 9.58. The molecular formula is C11H25NO4. The van der Waals surface area contributed by atoms with Crippen LogP contribution in [-0.2, 0) is 14.2 Å². The first kappa shape index (κ1) is 15.8. The molecule has 0 aliphatic heterocycles. The second-order valence-electron chi connectivity index (χ2n) is 3.96. The first-order valence-corrected chi connectivity index (χ1v) is 5.62. The van der Waals surface area contributed by atoms with Crippen LogP contribution in [0.3, 0.4) is 0 Å². The number of hydrogen-bond acceptors (Lipinski definition) is 5. The number of methoxy groups -OCH3 is 2. The minimum atomic E-state index is -0.497. The van der Waals surface area contributed by atoms with E-state index < -0.39 is 6.10 Å². The molecule has 3 unspecified atom stereocenters. The van der Waals surface area contributed by atoms with Gasteiger partial charge in [-0.25, -0.2) is 0 Å². The Labute approximate surface area is 98.1 Å². The molecule has 0 rings (SSSR count). The molecule has 3 atom stereocenters. The molecule has 0 aromatic rings. The summed E-state index contributed by atoms with van der Waals surface area (Å²) in [5.74, 6) is 0. The molecule has 0 aliphatic carbocycles. The van der Waals surface area contributed by atoms with E-state index in [2.05, 4.69) is 5.32 Å². The van der Waals surface area contributed by atoms with Crippen molar-refractivity contribution in [3.63, 3.8) is 0 Å². The molecule has 0 aromatic carbocycles. The Morgan fingerprint density at radius 2 is 1.75 bits per heavy atom. The van der Waals surface area contributed by atoms with Gasteiger partial charge in [-0.1, -0.05) is 0 Å². The molecule has 98 valence electrons. The van der Waals surface area contributed by atoms with Gasteiger partial charge in [-0.05, 0) is 13.8 Å². The molecule has 0 aliphatic rings. The summed E-state index contributed by atoms with van der Waals surface area (Å²) < 4.78 is 15.4. The number of ether oxygens (including phenoxy) is 3. The lowest BCUT2D eigenvalue weighted by atomic mass is 10.3. The lowest BCUT2D eigenvalue weighted by molar-refractivity contribution is -0.0316. The van der Waals surface area contributed by atoms with E-state index in [1.54, 1.807) is 14.2 Å². The minimum Gasteiger partial charge on any atom is -0.389 e. The summed E-state index contributed by atoms with van der Waals surface area (Å²) in [4.78, 5) is 0. The molecule has 0 spiro atoms. The Kier molecular flexibility index (Phi) is 9.86. The van der Waals surface area contributed by atoms with Gasteiger partial charge in [0.05, 0.1) is 31.5 Å². The van der Waals surface area contributed by atoms with Crippen LogP contribution in [0.1, 0.15) is 13.8 Å². The highest BCUT2D eigenvalue weighted by molar-refractivity contribution is 4.62. The van der Waals surface area contributed by atoms with Gasteiger partial charge in [-0.2, -0.15) is 0 Å². The lowest BCUT2D eigenvalue weighted by Gasteiger charge is -2.17. The third-order valence-electron chi connectivity index (χ3n) is 2.19. The summed E-state index contributed by atoms with van der Waals surface area (Å²) in [7, 11) is 3.29. The van der Waals surface area contributed by atoms with Gasteiger partial charge in [0.1, 0.15) is 0 Å². The van der Waals surface area contributed by atoms with Gasteiger partial charge in [-0.15, -0.1) is 0 Å². The van der Waals surface area contributed by atoms with E-state index in [-0.39, 0.29) is 12.2 Å². The fourth-order valence-electron chi connectivity index (χ4n) is 1.15. The van der Waals surface area contributed by atoms with Crippen LogP contribution in [0.4, 0.5) is 0 Å². The lowest BCUT2D eigenvalue weighted by Crippen LogP contribution is -2.36. The van der Waals surface area contributed by atoms with E-state index in [0.717, 1.165) is 6.54 Å². The Morgan fingerprint density at radius 1 is 1.06 bits per heavy atom. The quantitative estimate of drug-likeness (QED) is 0.559. The number of aliphatic hydroxyl groups is 1. The summed E-state index contributed by atoms with van der Waals surface area (Å²) in [5, 5.41) is 12.7. The third-order valence-corrected chi connectivity index (χ3v) is 2.19. The van der Waals surface area contributed by atoms with Crippen molar-refractivity contribution < 1.29 is 19.3 Å². The molecule has 0 heterocycles. The van der Waals surface area contributed by atoms with Crippen molar-refractivity contribution in [2.24, 2.45) is 0 Å². The normalized spacial score (nSPS) is 17.1. The highest BCUT2D eigenvalue weighted by Crippen LogP contribution is 1.93. The molecule has 0 aromatic heterocycles. The predicted octanol–water partition coefficient (Wildman–Crippen LogP) is 0.0233. The van der Waals surface area contributed by atoms with E-state index in [0.29, 0.717) is 19.8 Å². The van der Waals surface area contributed by atoms with Crippen LogP contribution >= 0.6 is 0 Å². The molecule has 5 heteroatoms. The monoisotopic (exact) mass is 235 g/mol. The summed E-state index contributed by atoms with van der Waals surface area (Å²) in [6.45, 7) is 5.97. The van der Waals surface area contributed by atoms with Crippen molar-refractivity contribution in [1.29, 1.82) is 0 Å². The first-order valence-electron chi connectivity index (χ1n) is 5.62. The van der Waals surface area contributed by atoms with Crippen LogP contribution in [0.2, 0.25) is 0 Å². The molecule has 0 amide bonds. The summed E-state index contributed by atoms with van der Waals surface area (Å²) in [6, 6.07) is 0. The van der Waals surface area contributed by atoms with Crippen LogP contribution in [0.5, 0.6) is 0 Å². The van der Waals surface area contributed by atoms with Crippen molar-refractivity contribution in [2.45, 2.75) is 32.2 Å². The van der Waals surface area contributed by atoms with Crippen molar-refractivity contribution in [3.8, 4) is 0 Å². The van der Waals surface area contributed by atoms with Crippen molar-refractivity contribution in [3.05, 3.63) is 0 Å². The van der Waals surface area contributed by atoms with Crippen LogP contribution in [0, 0.1) is 0 Å². The highest BCUT2D eigenvalue weighted by Gasteiger charge is 2.08. The topological polar surface area (TPSA) is 60.0 Å². The molecule has 2 N–H and O–H groups in total. The summed E-state index contributed by atoms with van der Waals surface area (Å²) in [5.41, 5.74) is 0. The van der Waals surface area contributed by atoms with Crippen LogP contribution in [0.25, 0.3) is 0 Å². The van der Waals surface area contributed by atoms with Gasteiger partial charge in [0.25, 0.3) is 0 Å². The standard InChI is InChI=1S/C11H25NO4/c1-9(15-4)5-12-6-11(13)8-16-10(2)7-14-3/h9-13H,5-8H2,1-4H3. The maximum atomic E-state index is 9.58. The highest BCUT2D eigenvalue weighted by atomic mass is 16.5. The first-order chi connectivity index (χ1) is 7.60. The average molecular weight is 235 g/mol.